The van der Waals surface area contributed by atoms with Crippen LogP contribution in [-0.2, 0) is 4.74 Å². The van der Waals surface area contributed by atoms with E-state index in [1.54, 1.807) is 7.11 Å². The van der Waals surface area contributed by atoms with E-state index in [2.05, 4.69) is 5.32 Å². The predicted octanol–water partition coefficient (Wildman–Crippen LogP) is -0.547. The van der Waals surface area contributed by atoms with E-state index in [-0.39, 0.29) is 6.10 Å². The van der Waals surface area contributed by atoms with E-state index in [9.17, 15) is 5.11 Å². The lowest BCUT2D eigenvalue weighted by atomic mass is 9.96. The third-order valence-corrected chi connectivity index (χ3v) is 1.97. The van der Waals surface area contributed by atoms with Crippen LogP contribution in [0, 0.1) is 17.2 Å². The Morgan fingerprint density at radius 2 is 2.45 bits per heavy atom. The molecule has 0 aliphatic carbocycles. The summed E-state index contributed by atoms with van der Waals surface area (Å²) in [5.74, 6) is -0.436. The van der Waals surface area contributed by atoms with Crippen LogP contribution in [0.25, 0.3) is 0 Å². The van der Waals surface area contributed by atoms with Crippen molar-refractivity contribution in [3.8, 4) is 6.07 Å². The summed E-state index contributed by atoms with van der Waals surface area (Å²) in [5, 5.41) is 20.7. The van der Waals surface area contributed by atoms with E-state index >= 15 is 0 Å². The van der Waals surface area contributed by atoms with Gasteiger partial charge >= 0.3 is 0 Å². The second-order valence-electron chi connectivity index (χ2n) is 2.62. The fourth-order valence-corrected chi connectivity index (χ4v) is 1.30. The van der Waals surface area contributed by atoms with Gasteiger partial charge in [0.2, 0.25) is 0 Å². The number of aliphatic hydroxyl groups is 1. The summed E-state index contributed by atoms with van der Waals surface area (Å²) in [6.45, 7) is 0.706. The Bertz CT molecular complexity index is 166. The van der Waals surface area contributed by atoms with E-state index in [1.807, 2.05) is 6.07 Å². The van der Waals surface area contributed by atoms with Crippen LogP contribution >= 0.6 is 0 Å². The van der Waals surface area contributed by atoms with Gasteiger partial charge in [0.15, 0.2) is 0 Å². The standard InChI is InChI=1S/C7H12N2O2/c1-11-6-2-3-9-7(10)5(6)4-8/h5-7,9-10H,2-3H2,1H3. The molecule has 0 spiro atoms. The summed E-state index contributed by atoms with van der Waals surface area (Å²) in [4.78, 5) is 0. The lowest BCUT2D eigenvalue weighted by Gasteiger charge is -2.30. The summed E-state index contributed by atoms with van der Waals surface area (Å²) in [6, 6.07) is 2.02. The van der Waals surface area contributed by atoms with Crippen molar-refractivity contribution in [2.45, 2.75) is 18.8 Å². The van der Waals surface area contributed by atoms with Gasteiger partial charge in [-0.05, 0) is 6.42 Å². The second kappa shape index (κ2) is 3.67. The van der Waals surface area contributed by atoms with Crippen molar-refractivity contribution in [3.05, 3.63) is 0 Å². The molecule has 1 aliphatic rings. The van der Waals surface area contributed by atoms with Gasteiger partial charge in [0.25, 0.3) is 0 Å². The van der Waals surface area contributed by atoms with Crippen LogP contribution in [0.2, 0.25) is 0 Å². The molecule has 4 heteroatoms. The Morgan fingerprint density at radius 1 is 1.73 bits per heavy atom. The number of rotatable bonds is 1. The van der Waals surface area contributed by atoms with Crippen molar-refractivity contribution >= 4 is 0 Å². The van der Waals surface area contributed by atoms with Crippen LogP contribution in [0.4, 0.5) is 0 Å². The molecule has 0 aromatic carbocycles. The first-order valence-corrected chi connectivity index (χ1v) is 3.63. The molecule has 0 aromatic rings. The Labute approximate surface area is 65.8 Å². The zero-order valence-corrected chi connectivity index (χ0v) is 6.45. The van der Waals surface area contributed by atoms with Gasteiger partial charge in [-0.1, -0.05) is 0 Å². The summed E-state index contributed by atoms with van der Waals surface area (Å²) >= 11 is 0. The van der Waals surface area contributed by atoms with Gasteiger partial charge in [-0.3, -0.25) is 5.32 Å². The summed E-state index contributed by atoms with van der Waals surface area (Å²) < 4.78 is 5.04. The van der Waals surface area contributed by atoms with Gasteiger partial charge in [0, 0.05) is 13.7 Å². The smallest absolute Gasteiger partial charge is 0.123 e. The topological polar surface area (TPSA) is 65.3 Å². The van der Waals surface area contributed by atoms with Gasteiger partial charge in [-0.25, -0.2) is 0 Å². The number of piperidine rings is 1. The highest BCUT2D eigenvalue weighted by atomic mass is 16.5. The average Bonchev–Trinajstić information content (AvgIpc) is 2.04. The molecule has 11 heavy (non-hydrogen) atoms. The highest BCUT2D eigenvalue weighted by Gasteiger charge is 2.31. The quantitative estimate of drug-likeness (QED) is 0.534. The van der Waals surface area contributed by atoms with Crippen molar-refractivity contribution in [1.29, 1.82) is 5.26 Å². The minimum absolute atomic E-state index is 0.128. The van der Waals surface area contributed by atoms with Gasteiger partial charge < -0.3 is 9.84 Å². The number of methoxy groups -OCH3 is 1. The van der Waals surface area contributed by atoms with Crippen molar-refractivity contribution in [2.24, 2.45) is 5.92 Å². The number of hydrogen-bond donors (Lipinski definition) is 2. The molecule has 1 aliphatic heterocycles. The number of nitrogens with one attached hydrogen (secondary N) is 1. The first kappa shape index (κ1) is 8.47. The number of ether oxygens (including phenoxy) is 1. The maximum atomic E-state index is 9.26. The SMILES string of the molecule is COC1CCNC(O)C1C#N. The Balaban J connectivity index is 2.57. The molecular weight excluding hydrogens is 144 g/mol. The lowest BCUT2D eigenvalue weighted by Crippen LogP contribution is -2.48. The van der Waals surface area contributed by atoms with E-state index in [4.69, 9.17) is 10.00 Å². The molecule has 0 bridgehead atoms. The first-order valence-electron chi connectivity index (χ1n) is 3.63. The average molecular weight is 156 g/mol. The number of nitrogens with zero attached hydrogens (tertiary/aromatic N) is 1. The third-order valence-electron chi connectivity index (χ3n) is 1.97. The van der Waals surface area contributed by atoms with E-state index in [0.717, 1.165) is 6.42 Å². The largest absolute Gasteiger partial charge is 0.380 e. The molecule has 4 nitrogen and oxygen atoms in total. The highest BCUT2D eigenvalue weighted by molar-refractivity contribution is 4.95. The van der Waals surface area contributed by atoms with Crippen molar-refractivity contribution in [2.75, 3.05) is 13.7 Å². The molecule has 1 heterocycles. The Kier molecular flexibility index (Phi) is 2.83. The third kappa shape index (κ3) is 1.69. The molecule has 0 aromatic heterocycles. The Hall–Kier alpha value is -0.630. The molecule has 0 radical (unpaired) electrons. The van der Waals surface area contributed by atoms with Crippen molar-refractivity contribution < 1.29 is 9.84 Å². The zero-order chi connectivity index (χ0) is 8.27. The van der Waals surface area contributed by atoms with Crippen molar-refractivity contribution in [1.82, 2.24) is 5.32 Å². The Morgan fingerprint density at radius 3 is 2.91 bits per heavy atom. The normalized spacial score (nSPS) is 38.1. The van der Waals surface area contributed by atoms with Gasteiger partial charge in [-0.2, -0.15) is 5.26 Å². The number of nitriles is 1. The molecular formula is C7H12N2O2. The van der Waals surface area contributed by atoms with Crippen LogP contribution in [0.15, 0.2) is 0 Å². The monoisotopic (exact) mass is 156 g/mol. The van der Waals surface area contributed by atoms with Crippen LogP contribution in [0.3, 0.4) is 0 Å². The summed E-state index contributed by atoms with van der Waals surface area (Å²) in [7, 11) is 1.56. The molecule has 3 unspecified atom stereocenters. The van der Waals surface area contributed by atoms with Gasteiger partial charge in [0.05, 0.1) is 12.2 Å². The van der Waals surface area contributed by atoms with Gasteiger partial charge in [-0.15, -0.1) is 0 Å². The van der Waals surface area contributed by atoms with Crippen LogP contribution < -0.4 is 5.32 Å². The molecule has 0 amide bonds. The zero-order valence-electron chi connectivity index (χ0n) is 6.45. The molecule has 3 atom stereocenters. The lowest BCUT2D eigenvalue weighted by molar-refractivity contribution is -0.0313. The van der Waals surface area contributed by atoms with Crippen LogP contribution in [-0.4, -0.2) is 31.1 Å². The van der Waals surface area contributed by atoms with E-state index in [0.29, 0.717) is 6.54 Å². The second-order valence-corrected chi connectivity index (χ2v) is 2.62. The number of hydrogen-bond acceptors (Lipinski definition) is 4. The van der Waals surface area contributed by atoms with Crippen LogP contribution in [0.5, 0.6) is 0 Å². The summed E-state index contributed by atoms with van der Waals surface area (Å²) in [5.41, 5.74) is 0. The molecule has 62 valence electrons. The maximum Gasteiger partial charge on any atom is 0.123 e. The fraction of sp³-hybridized carbons (Fsp3) is 0.857. The molecule has 1 saturated heterocycles. The minimum Gasteiger partial charge on any atom is -0.380 e. The summed E-state index contributed by atoms with van der Waals surface area (Å²) in [6.07, 6.45) is -0.0823. The van der Waals surface area contributed by atoms with E-state index < -0.39 is 12.1 Å². The maximum absolute atomic E-state index is 9.26. The minimum atomic E-state index is -0.737. The predicted molar refractivity (Wildman–Crippen MR) is 38.5 cm³/mol. The number of aliphatic hydroxyl groups excluding tert-OH is 1. The molecule has 2 N–H and O–H groups in total. The highest BCUT2D eigenvalue weighted by Crippen LogP contribution is 2.17. The van der Waals surface area contributed by atoms with Gasteiger partial charge in [0.1, 0.15) is 12.1 Å². The molecule has 1 rings (SSSR count). The molecule has 1 fully saturated rings. The molecule has 0 saturated carbocycles. The fourth-order valence-electron chi connectivity index (χ4n) is 1.30. The van der Waals surface area contributed by atoms with Crippen LogP contribution in [0.1, 0.15) is 6.42 Å². The first-order chi connectivity index (χ1) is 5.29. The van der Waals surface area contributed by atoms with E-state index in [1.165, 1.54) is 0 Å². The van der Waals surface area contributed by atoms with Crippen molar-refractivity contribution in [3.63, 3.8) is 0 Å².